The number of benzene rings is 5. The van der Waals surface area contributed by atoms with E-state index in [9.17, 15) is 47.0 Å². The van der Waals surface area contributed by atoms with Crippen molar-refractivity contribution in [3.05, 3.63) is 153 Å². The number of hydrogen-bond acceptors (Lipinski definition) is 20. The van der Waals surface area contributed by atoms with Crippen LogP contribution in [0.25, 0.3) is 0 Å². The molecule has 5 aromatic carbocycles. The van der Waals surface area contributed by atoms with Crippen LogP contribution in [0, 0.1) is 59.7 Å². The average Bonchev–Trinajstić information content (AvgIpc) is 0.756. The molecular weight excluding hydrogens is 2240 g/mol. The van der Waals surface area contributed by atoms with Gasteiger partial charge >= 0.3 is 35.2 Å². The Morgan fingerprint density at radius 1 is 0.465 bits per heavy atom. The Kier molecular flexibility index (Phi) is 69.2. The molecule has 0 bridgehead atoms. The molecule has 5 aromatic rings. The summed E-state index contributed by atoms with van der Waals surface area (Å²) in [6.45, 7) is 35.0. The van der Waals surface area contributed by atoms with Gasteiger partial charge in [0, 0.05) is 196 Å². The minimum atomic E-state index is -1.25. The van der Waals surface area contributed by atoms with E-state index in [1.54, 1.807) is 80.6 Å². The average molecular weight is 2410 g/mol. The number of aliphatic hydroxyl groups is 2. The van der Waals surface area contributed by atoms with E-state index < -0.39 is 22.4 Å². The molecule has 0 unspecified atom stereocenters. The fourth-order valence-corrected chi connectivity index (χ4v) is 20.8. The van der Waals surface area contributed by atoms with Crippen LogP contribution in [0.2, 0.25) is 0 Å². The van der Waals surface area contributed by atoms with Crippen molar-refractivity contribution in [2.45, 2.75) is 277 Å². The molecule has 8 saturated heterocycles. The normalized spacial score (nSPS) is 18.8. The first kappa shape index (κ1) is 134. The summed E-state index contributed by atoms with van der Waals surface area (Å²) in [4.78, 5) is 66.2. The van der Waals surface area contributed by atoms with Crippen LogP contribution in [-0.4, -0.2) is 265 Å². The number of hydrogen-bond donors (Lipinski definition) is 5. The fourth-order valence-electron chi connectivity index (χ4n) is 18.8. The number of nitrogens with zero attached hydrogens (tertiary/aromatic N) is 7. The smallest absolute Gasteiger partial charge is 1.00 e. The molecule has 0 spiro atoms. The number of nitrogens with one attached hydrogen (secondary N) is 2. The van der Waals surface area contributed by atoms with Gasteiger partial charge in [-0.2, -0.15) is 6.42 Å². The number of hydroxylamine groups is 2. The third-order valence-corrected chi connectivity index (χ3v) is 29.1. The number of amides is 3. The van der Waals surface area contributed by atoms with E-state index in [1.165, 1.54) is 103 Å². The number of unbranched alkanes of at least 4 members (excludes halogenated alkanes) is 5. The van der Waals surface area contributed by atoms with Gasteiger partial charge in [-0.15, -0.1) is 0 Å². The minimum Gasteiger partial charge on any atom is -1.00 e. The monoisotopic (exact) mass is 2410 g/mol. The van der Waals surface area contributed by atoms with E-state index in [0.717, 1.165) is 249 Å². The second-order valence-electron chi connectivity index (χ2n) is 39.5. The number of carbonyl (C=O) groups excluding carboxylic acids is 4. The van der Waals surface area contributed by atoms with Crippen molar-refractivity contribution in [3.63, 3.8) is 0 Å². The maximum absolute atomic E-state index is 15.3. The number of halogens is 10. The number of carbonyl (C=O) groups is 4. The molecule has 0 aliphatic carbocycles. The van der Waals surface area contributed by atoms with Gasteiger partial charge in [0.05, 0.1) is 52.7 Å². The number of ether oxygens (including phenoxy) is 6. The molecule has 6 atom stereocenters. The number of likely N-dealkylation sites (tertiary alicyclic amines) is 2. The number of ketones is 1. The van der Waals surface area contributed by atoms with Crippen LogP contribution >= 0.6 is 77.0 Å². The Morgan fingerprint density at radius 3 is 1.24 bits per heavy atom. The molecule has 0 saturated carbocycles. The second-order valence-corrected chi connectivity index (χ2v) is 43.3. The number of methoxy groups -OCH3 is 3. The first-order chi connectivity index (χ1) is 68.1. The molecule has 6 N–H and O–H groups in total. The first-order valence-corrected chi connectivity index (χ1v) is 56.9. The van der Waals surface area contributed by atoms with Gasteiger partial charge in [-0.25, -0.2) is 36.6 Å². The van der Waals surface area contributed by atoms with E-state index in [-0.39, 0.29) is 118 Å². The van der Waals surface area contributed by atoms with Crippen LogP contribution in [0.3, 0.4) is 0 Å². The van der Waals surface area contributed by atoms with Gasteiger partial charge in [0.25, 0.3) is 5.91 Å². The standard InChI is InChI=1S/C27H43FN2O4.C22H35FN2O2.C17H23FN2O.C13H24N2O4.C11H13BrFN.C6H5BrFN.C5H10I2.C5H11O.C4H10O.ClH.Mg/c1-26(2,3)34-25(31)30-18-11-12-21(20-30)27(32,15-6-9-19-33-4)22-13-10-14-23(28)24(22)29-16-7-5-8-17-29;1-27-16-6-3-12-22(26,18-9-8-13-24-17-18)19-10-7-11-20(23)21(19)25-14-4-2-5-15-25;18-15-8-4-7-14(16(15)20-10-2-1-3-11-20)17(21)13-6-5-9-19-12-13;1-13(2,3)19-12(17)15-8-6-7-10(9-15)11(16)14(4)18-5;12-9-5-4-6-10(13)11(9)14-7-2-1-3-8-14;7-4-2-1-3-5(8)6(4)9;6-4-2-1-3-5-7;1-3-4-5-6-2;1-3-5-4-2;;/h10,13-14,21,32H,5-9,11-12,15-20H2,1-4H3;7,10-11,18,24,26H,2-6,8-9,12-17H2,1H3;4,7-8,13,19H,1-3,5-6,9-12H2;10H,6-9H2,1-5H3;4-6H,1-3,7-8H2;1-3H,9H2;1-5H2;1,3-5H2,2H3;3-4H2,1-2H3;1H;/q;;;;;;;-1;;;+2/p-1/t21-,27+;18-,22+;13-;10-;;;;;;;/m1111......./s1. The Labute approximate surface area is 927 Å². The van der Waals surface area contributed by atoms with E-state index in [4.69, 9.17) is 39.0 Å². The number of piperidine rings is 8. The number of anilines is 5. The maximum atomic E-state index is 15.3. The summed E-state index contributed by atoms with van der Waals surface area (Å²) in [6, 6.07) is 25.0. The van der Waals surface area contributed by atoms with Crippen molar-refractivity contribution in [2.24, 2.45) is 23.7 Å². The van der Waals surface area contributed by atoms with Crippen molar-refractivity contribution in [2.75, 3.05) is 207 Å². The molecule has 0 radical (unpaired) electrons. The summed E-state index contributed by atoms with van der Waals surface area (Å²) in [5.74, 6) is -1.57. The summed E-state index contributed by atoms with van der Waals surface area (Å²) in [5.41, 5.74) is 6.53. The van der Waals surface area contributed by atoms with Gasteiger partial charge in [-0.3, -0.25) is 14.4 Å². The second kappa shape index (κ2) is 74.5. The zero-order chi connectivity index (χ0) is 104. The van der Waals surface area contributed by atoms with E-state index in [1.807, 2.05) is 73.6 Å². The maximum Gasteiger partial charge on any atom is 2.00 e. The largest absolute Gasteiger partial charge is 2.00 e. The summed E-state index contributed by atoms with van der Waals surface area (Å²) in [7, 11) is 8.11. The Morgan fingerprint density at radius 2 is 0.847 bits per heavy atom. The molecule has 3 amide bonds. The number of alkyl halides is 2. The minimum absolute atomic E-state index is 0. The summed E-state index contributed by atoms with van der Waals surface area (Å²) in [5, 5.41) is 32.2. The molecule has 8 fully saturated rings. The van der Waals surface area contributed by atoms with Crippen molar-refractivity contribution < 1.29 is 97.0 Å². The van der Waals surface area contributed by atoms with Crippen LogP contribution in [-0.2, 0) is 49.3 Å². The quantitative estimate of drug-likeness (QED) is 0.00318. The molecule has 8 aliphatic heterocycles. The zero-order valence-electron chi connectivity index (χ0n) is 88.9. The number of para-hydroxylation sites is 5. The summed E-state index contributed by atoms with van der Waals surface area (Å²) >= 11 is 11.3. The molecule has 8 aliphatic rings. The molecule has 8 heterocycles. The predicted octanol–water partition coefficient (Wildman–Crippen LogP) is 21.6. The summed E-state index contributed by atoms with van der Waals surface area (Å²) < 4.78 is 106. The van der Waals surface area contributed by atoms with Crippen molar-refractivity contribution in [1.82, 2.24) is 25.5 Å². The van der Waals surface area contributed by atoms with Crippen LogP contribution in [0.5, 0.6) is 0 Å². The van der Waals surface area contributed by atoms with Gasteiger partial charge in [0.2, 0.25) is 0 Å². The van der Waals surface area contributed by atoms with Crippen LogP contribution in [0.15, 0.2) is 99.9 Å². The van der Waals surface area contributed by atoms with Crippen LogP contribution < -0.4 is 48.4 Å². The van der Waals surface area contributed by atoms with Gasteiger partial charge < -0.3 is 104 Å². The number of nitrogen functional groups attached to an aromatic ring is 1. The number of Topliss-reactive ketones (excluding diaryl/α,β-unsaturated/α-hetero) is 1. The summed E-state index contributed by atoms with van der Waals surface area (Å²) in [6.07, 6.45) is 30.7. The zero-order valence-corrected chi connectivity index (χ0v) is 98.6. The predicted molar refractivity (Wildman–Crippen MR) is 598 cm³/mol. The Balaban J connectivity index is 0.000000440. The topological polar surface area (TPSA) is 246 Å². The molecule has 0 aromatic heterocycles. The molecule has 23 nitrogen and oxygen atoms in total. The van der Waals surface area contributed by atoms with Gasteiger partial charge in [-0.1, -0.05) is 100 Å². The fraction of sp³-hybridized carbons (Fsp3) is 0.682. The Bertz CT molecular complexity index is 4300. The van der Waals surface area contributed by atoms with E-state index in [0.29, 0.717) is 84.9 Å². The van der Waals surface area contributed by atoms with Gasteiger partial charge in [0.15, 0.2) is 5.78 Å². The van der Waals surface area contributed by atoms with E-state index >= 15 is 4.39 Å². The Hall–Kier alpha value is -4.45. The van der Waals surface area contributed by atoms with Crippen LogP contribution in [0.4, 0.5) is 60.0 Å². The molecule has 13 rings (SSSR count). The molecular formula is C110H174Br2ClF5I2MgN10O13. The van der Waals surface area contributed by atoms with E-state index in [2.05, 4.69) is 114 Å². The third kappa shape index (κ3) is 47.4. The SMILES string of the molecule is CCOCC.COCCCC[C@@](O)(c1cccc(F)c1N1CCCCC1)[C@@H]1CCCN(C(=O)OC(C)(C)C)C1.COCCCC[C@@](O)(c1cccc(F)c1N1CCCCC1)[C@@H]1CCCNC1.CON(C)C(=O)[C@@H]1CCCN(C(=O)OC(C)(C)C)C1.Fc1cccc(Br)c1N1CCCCC1.ICCCCCI.Nc1c(F)cccc1Br.O=C(c1cccc(F)c1N1CCCCC1)[C@@H]1CCCNC1.[CH2-]CCCOC.[Cl-].[Mg+2]. The molecule has 814 valence electrons. The van der Waals surface area contributed by atoms with Gasteiger partial charge in [0.1, 0.15) is 40.3 Å². The number of nitrogens with two attached hydrogens (primary N) is 1. The first-order valence-electron chi connectivity index (χ1n) is 52.2. The van der Waals surface area contributed by atoms with Crippen molar-refractivity contribution in [3.8, 4) is 0 Å². The molecule has 34 heteroatoms. The third-order valence-electron chi connectivity index (χ3n) is 26.3. The van der Waals surface area contributed by atoms with Gasteiger partial charge in [-0.05, 0) is 338 Å². The van der Waals surface area contributed by atoms with Crippen molar-refractivity contribution >= 4 is 152 Å². The number of rotatable bonds is 31. The van der Waals surface area contributed by atoms with Crippen molar-refractivity contribution in [1.29, 1.82) is 0 Å². The molecule has 144 heavy (non-hydrogen) atoms. The van der Waals surface area contributed by atoms with Crippen LogP contribution in [0.1, 0.15) is 276 Å².